The molecule has 0 bridgehead atoms. The summed E-state index contributed by atoms with van der Waals surface area (Å²) >= 11 is 0. The standard InChI is InChI=1S/C7H13N5O/c8-6-9-7(11-10-6)12(3-4-13)5-1-2-5/h5,13H,1-4H2,(H3,8,9,10,11). The normalized spacial score (nSPS) is 16.1. The van der Waals surface area contributed by atoms with Crippen molar-refractivity contribution in [3.8, 4) is 0 Å². The molecule has 0 atom stereocenters. The molecule has 6 nitrogen and oxygen atoms in total. The summed E-state index contributed by atoms with van der Waals surface area (Å²) in [4.78, 5) is 6.00. The Labute approximate surface area is 75.8 Å². The van der Waals surface area contributed by atoms with Gasteiger partial charge in [0.15, 0.2) is 0 Å². The zero-order chi connectivity index (χ0) is 9.26. The molecular formula is C7H13N5O. The predicted octanol–water partition coefficient (Wildman–Crippen LogP) is -0.652. The molecule has 4 N–H and O–H groups in total. The maximum absolute atomic E-state index is 8.84. The molecule has 0 saturated heterocycles. The van der Waals surface area contributed by atoms with E-state index < -0.39 is 0 Å². The Bertz CT molecular complexity index is 282. The van der Waals surface area contributed by atoms with Gasteiger partial charge in [0.25, 0.3) is 0 Å². The summed E-state index contributed by atoms with van der Waals surface area (Å²) < 4.78 is 0. The number of aromatic nitrogens is 3. The molecule has 0 aromatic carbocycles. The number of nitrogen functional groups attached to an aromatic ring is 1. The van der Waals surface area contributed by atoms with Crippen LogP contribution in [-0.4, -0.2) is 39.5 Å². The van der Waals surface area contributed by atoms with E-state index in [-0.39, 0.29) is 6.61 Å². The second kappa shape index (κ2) is 3.21. The van der Waals surface area contributed by atoms with Crippen molar-refractivity contribution in [2.75, 3.05) is 23.8 Å². The average Bonchev–Trinajstić information content (AvgIpc) is 2.85. The second-order valence-electron chi connectivity index (χ2n) is 3.17. The molecule has 0 amide bonds. The van der Waals surface area contributed by atoms with Crippen LogP contribution >= 0.6 is 0 Å². The molecule has 1 heterocycles. The van der Waals surface area contributed by atoms with E-state index in [0.717, 1.165) is 12.8 Å². The van der Waals surface area contributed by atoms with E-state index in [0.29, 0.717) is 24.5 Å². The highest BCUT2D eigenvalue weighted by Crippen LogP contribution is 2.29. The third kappa shape index (κ3) is 1.72. The molecule has 13 heavy (non-hydrogen) atoms. The first-order valence-corrected chi connectivity index (χ1v) is 4.36. The molecule has 0 aliphatic heterocycles. The number of aliphatic hydroxyl groups is 1. The predicted molar refractivity (Wildman–Crippen MR) is 48.2 cm³/mol. The number of aromatic amines is 1. The summed E-state index contributed by atoms with van der Waals surface area (Å²) in [7, 11) is 0. The molecule has 1 aliphatic rings. The second-order valence-corrected chi connectivity index (χ2v) is 3.17. The average molecular weight is 183 g/mol. The maximum atomic E-state index is 8.84. The lowest BCUT2D eigenvalue weighted by Crippen LogP contribution is -2.29. The Morgan fingerprint density at radius 3 is 2.85 bits per heavy atom. The molecule has 2 rings (SSSR count). The fourth-order valence-electron chi connectivity index (χ4n) is 1.33. The molecule has 0 spiro atoms. The van der Waals surface area contributed by atoms with Crippen molar-refractivity contribution in [3.63, 3.8) is 0 Å². The molecule has 0 radical (unpaired) electrons. The third-order valence-electron chi connectivity index (χ3n) is 2.08. The van der Waals surface area contributed by atoms with Crippen molar-refractivity contribution in [1.29, 1.82) is 0 Å². The van der Waals surface area contributed by atoms with Crippen molar-refractivity contribution in [2.24, 2.45) is 0 Å². The van der Waals surface area contributed by atoms with Crippen LogP contribution in [-0.2, 0) is 0 Å². The lowest BCUT2D eigenvalue weighted by atomic mass is 10.5. The zero-order valence-electron chi connectivity index (χ0n) is 7.27. The van der Waals surface area contributed by atoms with Gasteiger partial charge in [-0.05, 0) is 12.8 Å². The number of anilines is 2. The number of nitrogens with one attached hydrogen (secondary N) is 1. The fourth-order valence-corrected chi connectivity index (χ4v) is 1.33. The SMILES string of the molecule is Nc1nc(N(CCO)C2CC2)n[nH]1. The molecule has 6 heteroatoms. The Balaban J connectivity index is 2.10. The first-order chi connectivity index (χ1) is 6.31. The minimum absolute atomic E-state index is 0.116. The van der Waals surface area contributed by atoms with Crippen LogP contribution in [0.25, 0.3) is 0 Å². The topological polar surface area (TPSA) is 91.1 Å². The monoisotopic (exact) mass is 183 g/mol. The minimum Gasteiger partial charge on any atom is -0.395 e. The number of hydrogen-bond donors (Lipinski definition) is 3. The highest BCUT2D eigenvalue weighted by Gasteiger charge is 2.30. The largest absolute Gasteiger partial charge is 0.395 e. The van der Waals surface area contributed by atoms with Crippen molar-refractivity contribution < 1.29 is 5.11 Å². The highest BCUT2D eigenvalue weighted by molar-refractivity contribution is 5.36. The summed E-state index contributed by atoms with van der Waals surface area (Å²) in [6.07, 6.45) is 2.29. The molecule has 1 saturated carbocycles. The number of aliphatic hydroxyl groups excluding tert-OH is 1. The van der Waals surface area contributed by atoms with Crippen LogP contribution in [0.15, 0.2) is 0 Å². The van der Waals surface area contributed by atoms with Gasteiger partial charge >= 0.3 is 0 Å². The smallest absolute Gasteiger partial charge is 0.246 e. The number of nitrogens with zero attached hydrogens (tertiary/aromatic N) is 3. The lowest BCUT2D eigenvalue weighted by Gasteiger charge is -2.18. The van der Waals surface area contributed by atoms with E-state index in [2.05, 4.69) is 15.2 Å². The molecule has 1 aromatic rings. The van der Waals surface area contributed by atoms with Crippen LogP contribution in [0, 0.1) is 0 Å². The van der Waals surface area contributed by atoms with E-state index in [9.17, 15) is 0 Å². The first-order valence-electron chi connectivity index (χ1n) is 4.36. The van der Waals surface area contributed by atoms with Crippen molar-refractivity contribution in [2.45, 2.75) is 18.9 Å². The van der Waals surface area contributed by atoms with Crippen LogP contribution in [0.1, 0.15) is 12.8 Å². The van der Waals surface area contributed by atoms with Crippen molar-refractivity contribution in [1.82, 2.24) is 15.2 Å². The van der Waals surface area contributed by atoms with Crippen LogP contribution in [0.3, 0.4) is 0 Å². The molecule has 1 aliphatic carbocycles. The maximum Gasteiger partial charge on any atom is 0.246 e. The lowest BCUT2D eigenvalue weighted by molar-refractivity contribution is 0.300. The van der Waals surface area contributed by atoms with Crippen molar-refractivity contribution in [3.05, 3.63) is 0 Å². The summed E-state index contributed by atoms with van der Waals surface area (Å²) in [6, 6.07) is 0.488. The van der Waals surface area contributed by atoms with Crippen LogP contribution in [0.5, 0.6) is 0 Å². The number of nitrogens with two attached hydrogens (primary N) is 1. The van der Waals surface area contributed by atoms with E-state index in [1.807, 2.05) is 4.90 Å². The van der Waals surface area contributed by atoms with E-state index in [4.69, 9.17) is 10.8 Å². The quantitative estimate of drug-likeness (QED) is 0.577. The van der Waals surface area contributed by atoms with Crippen LogP contribution < -0.4 is 10.6 Å². The van der Waals surface area contributed by atoms with Gasteiger partial charge in [-0.15, -0.1) is 5.10 Å². The number of rotatable bonds is 4. The van der Waals surface area contributed by atoms with Gasteiger partial charge in [0.2, 0.25) is 11.9 Å². The van der Waals surface area contributed by atoms with Gasteiger partial charge in [-0.3, -0.25) is 0 Å². The van der Waals surface area contributed by atoms with Gasteiger partial charge in [-0.1, -0.05) is 0 Å². The van der Waals surface area contributed by atoms with Gasteiger partial charge in [-0.2, -0.15) is 4.98 Å². The molecule has 1 fully saturated rings. The Hall–Kier alpha value is -1.30. The Kier molecular flexibility index (Phi) is 2.05. The van der Waals surface area contributed by atoms with E-state index >= 15 is 0 Å². The van der Waals surface area contributed by atoms with Crippen LogP contribution in [0.2, 0.25) is 0 Å². The summed E-state index contributed by atoms with van der Waals surface area (Å²) in [5.41, 5.74) is 5.41. The Morgan fingerprint density at radius 1 is 1.62 bits per heavy atom. The zero-order valence-corrected chi connectivity index (χ0v) is 7.27. The van der Waals surface area contributed by atoms with Crippen LogP contribution in [0.4, 0.5) is 11.9 Å². The van der Waals surface area contributed by atoms with Gasteiger partial charge in [0, 0.05) is 12.6 Å². The van der Waals surface area contributed by atoms with Crippen molar-refractivity contribution >= 4 is 11.9 Å². The van der Waals surface area contributed by atoms with Gasteiger partial charge in [0.05, 0.1) is 6.61 Å². The third-order valence-corrected chi connectivity index (χ3v) is 2.08. The first kappa shape index (κ1) is 8.31. The summed E-state index contributed by atoms with van der Waals surface area (Å²) in [5.74, 6) is 0.910. The molecule has 72 valence electrons. The fraction of sp³-hybridized carbons (Fsp3) is 0.714. The van der Waals surface area contributed by atoms with E-state index in [1.165, 1.54) is 0 Å². The number of hydrogen-bond acceptors (Lipinski definition) is 5. The van der Waals surface area contributed by atoms with Gasteiger partial charge < -0.3 is 15.7 Å². The summed E-state index contributed by atoms with van der Waals surface area (Å²) in [6.45, 7) is 0.687. The highest BCUT2D eigenvalue weighted by atomic mass is 16.3. The van der Waals surface area contributed by atoms with Gasteiger partial charge in [0.1, 0.15) is 0 Å². The molecular weight excluding hydrogens is 170 g/mol. The molecule has 1 aromatic heterocycles. The summed E-state index contributed by atoms with van der Waals surface area (Å²) in [5, 5.41) is 15.4. The van der Waals surface area contributed by atoms with E-state index in [1.54, 1.807) is 0 Å². The molecule has 0 unspecified atom stereocenters. The number of H-pyrrole nitrogens is 1. The Morgan fingerprint density at radius 2 is 2.38 bits per heavy atom. The van der Waals surface area contributed by atoms with Gasteiger partial charge in [-0.25, -0.2) is 5.10 Å². The minimum atomic E-state index is 0.116.